The zero-order chi connectivity index (χ0) is 28.8. The average Bonchev–Trinajstić information content (AvgIpc) is 3.53. The molecule has 0 bridgehead atoms. The van der Waals surface area contributed by atoms with Gasteiger partial charge >= 0.3 is 0 Å². The second kappa shape index (κ2) is 9.08. The molecule has 0 nitrogen and oxygen atoms in total. The molecule has 0 aliphatic heterocycles. The molecule has 212 valence electrons. The molecule has 0 fully saturated rings. The van der Waals surface area contributed by atoms with Crippen molar-refractivity contribution in [3.63, 3.8) is 0 Å². The summed E-state index contributed by atoms with van der Waals surface area (Å²) < 4.78 is 0. The van der Waals surface area contributed by atoms with Gasteiger partial charge in [0.15, 0.2) is 0 Å². The molecule has 0 saturated carbocycles. The van der Waals surface area contributed by atoms with Gasteiger partial charge in [-0.05, 0) is 99.1 Å². The highest BCUT2D eigenvalue weighted by atomic mass is 14.6. The largest absolute Gasteiger partial charge is 0.0885 e. The van der Waals surface area contributed by atoms with Crippen molar-refractivity contribution >= 4 is 0 Å². The fourth-order valence-corrected chi connectivity index (χ4v) is 8.44. The van der Waals surface area contributed by atoms with Crippen molar-refractivity contribution in [2.24, 2.45) is 22.7 Å². The minimum Gasteiger partial charge on any atom is -0.0885 e. The standard InChI is InChI=1S/C40H52/c1-37(2,3)26-16-18-29-30-19-17-27(38(4,5)6)21-33(30)36(32(29)20-26)40(10)24-34(25-14-12-11-13-15-25)31-22-28(23-35(31)40)39(7,8)9/h11-12,16-21,23,25,34,36H,13-15,22,24H2,1-10H3. The maximum Gasteiger partial charge on any atom is 0.0196 e. The molecule has 0 saturated heterocycles. The Labute approximate surface area is 245 Å². The van der Waals surface area contributed by atoms with E-state index in [0.29, 0.717) is 11.8 Å². The first-order valence-electron chi connectivity index (χ1n) is 16.0. The van der Waals surface area contributed by atoms with Crippen LogP contribution in [0.5, 0.6) is 0 Å². The lowest BCUT2D eigenvalue weighted by Crippen LogP contribution is -2.28. The molecule has 4 aliphatic carbocycles. The van der Waals surface area contributed by atoms with Gasteiger partial charge in [-0.15, -0.1) is 0 Å². The highest BCUT2D eigenvalue weighted by Gasteiger charge is 2.53. The molecule has 0 spiro atoms. The molecule has 0 heterocycles. The van der Waals surface area contributed by atoms with Crippen LogP contribution < -0.4 is 0 Å². The van der Waals surface area contributed by atoms with Gasteiger partial charge in [-0.1, -0.05) is 135 Å². The van der Waals surface area contributed by atoms with E-state index in [0.717, 1.165) is 5.92 Å². The van der Waals surface area contributed by atoms with Crippen LogP contribution >= 0.6 is 0 Å². The van der Waals surface area contributed by atoms with E-state index in [4.69, 9.17) is 0 Å². The predicted molar refractivity (Wildman–Crippen MR) is 173 cm³/mol. The van der Waals surface area contributed by atoms with E-state index in [1.165, 1.54) is 54.4 Å². The van der Waals surface area contributed by atoms with E-state index >= 15 is 0 Å². The number of rotatable bonds is 2. The lowest BCUT2D eigenvalue weighted by molar-refractivity contribution is 0.253. The summed E-state index contributed by atoms with van der Waals surface area (Å²) in [6.45, 7) is 24.1. The highest BCUT2D eigenvalue weighted by molar-refractivity contribution is 5.81. The van der Waals surface area contributed by atoms with E-state index in [-0.39, 0.29) is 21.7 Å². The third kappa shape index (κ3) is 4.40. The Kier molecular flexibility index (Phi) is 6.31. The van der Waals surface area contributed by atoms with Gasteiger partial charge in [-0.25, -0.2) is 0 Å². The molecule has 3 unspecified atom stereocenters. The topological polar surface area (TPSA) is 0 Å². The Morgan fingerprint density at radius 2 is 1.30 bits per heavy atom. The lowest BCUT2D eigenvalue weighted by atomic mass is 9.65. The molecule has 3 atom stereocenters. The molecule has 40 heavy (non-hydrogen) atoms. The third-order valence-electron chi connectivity index (χ3n) is 11.0. The molecule has 0 N–H and O–H groups in total. The van der Waals surface area contributed by atoms with Crippen molar-refractivity contribution in [3.05, 3.63) is 93.6 Å². The van der Waals surface area contributed by atoms with Crippen LogP contribution in [0, 0.1) is 22.7 Å². The van der Waals surface area contributed by atoms with Gasteiger partial charge in [0, 0.05) is 11.3 Å². The number of benzene rings is 2. The van der Waals surface area contributed by atoms with Crippen molar-refractivity contribution < 1.29 is 0 Å². The fourth-order valence-electron chi connectivity index (χ4n) is 8.44. The molecule has 2 aromatic rings. The molecule has 6 rings (SSSR count). The van der Waals surface area contributed by atoms with Crippen LogP contribution in [0.15, 0.2) is 71.3 Å². The Hall–Kier alpha value is -2.34. The summed E-state index contributed by atoms with van der Waals surface area (Å²) >= 11 is 0. The molecular formula is C40H52. The number of allylic oxidation sites excluding steroid dienone is 6. The summed E-state index contributed by atoms with van der Waals surface area (Å²) in [6, 6.07) is 14.9. The van der Waals surface area contributed by atoms with E-state index in [2.05, 4.69) is 124 Å². The molecule has 0 radical (unpaired) electrons. The fraction of sp³-hybridized carbons (Fsp3) is 0.550. The van der Waals surface area contributed by atoms with Gasteiger partial charge < -0.3 is 0 Å². The summed E-state index contributed by atoms with van der Waals surface area (Å²) in [5.41, 5.74) is 14.7. The Balaban J connectivity index is 1.57. The van der Waals surface area contributed by atoms with Crippen molar-refractivity contribution in [1.82, 2.24) is 0 Å². The van der Waals surface area contributed by atoms with Crippen LogP contribution in [0.1, 0.15) is 130 Å². The van der Waals surface area contributed by atoms with Crippen molar-refractivity contribution in [2.75, 3.05) is 0 Å². The molecule has 0 heteroatoms. The number of hydrogen-bond donors (Lipinski definition) is 0. The smallest absolute Gasteiger partial charge is 0.0196 e. The molecule has 2 aromatic carbocycles. The normalized spacial score (nSPS) is 26.7. The van der Waals surface area contributed by atoms with Gasteiger partial charge in [0.1, 0.15) is 0 Å². The highest BCUT2D eigenvalue weighted by Crippen LogP contribution is 2.66. The van der Waals surface area contributed by atoms with Crippen LogP contribution in [0.3, 0.4) is 0 Å². The van der Waals surface area contributed by atoms with Crippen molar-refractivity contribution in [3.8, 4) is 11.1 Å². The Morgan fingerprint density at radius 3 is 1.77 bits per heavy atom. The van der Waals surface area contributed by atoms with Crippen LogP contribution in [-0.4, -0.2) is 0 Å². The van der Waals surface area contributed by atoms with Crippen LogP contribution in [0.25, 0.3) is 11.1 Å². The van der Waals surface area contributed by atoms with E-state index < -0.39 is 0 Å². The summed E-state index contributed by atoms with van der Waals surface area (Å²) in [5.74, 6) is 1.88. The molecule has 0 aromatic heterocycles. The Morgan fingerprint density at radius 1 is 0.725 bits per heavy atom. The SMILES string of the molecule is CC(C)(C)C1=CC2=C(C1)C(C1CC=CCC1)CC2(C)C1c2cc(C(C)(C)C)ccc2-c2ccc(C(C)(C)C)cc21. The average molecular weight is 533 g/mol. The number of hydrogen-bond acceptors (Lipinski definition) is 0. The third-order valence-corrected chi connectivity index (χ3v) is 11.0. The molecular weight excluding hydrogens is 480 g/mol. The monoisotopic (exact) mass is 532 g/mol. The summed E-state index contributed by atoms with van der Waals surface area (Å²) in [4.78, 5) is 0. The van der Waals surface area contributed by atoms with E-state index in [1.54, 1.807) is 27.8 Å². The van der Waals surface area contributed by atoms with Gasteiger partial charge in [0.2, 0.25) is 0 Å². The van der Waals surface area contributed by atoms with Gasteiger partial charge in [0.25, 0.3) is 0 Å². The van der Waals surface area contributed by atoms with Gasteiger partial charge in [0.05, 0.1) is 0 Å². The van der Waals surface area contributed by atoms with Crippen molar-refractivity contribution in [2.45, 2.75) is 118 Å². The quantitative estimate of drug-likeness (QED) is 0.337. The molecule has 4 aliphatic rings. The van der Waals surface area contributed by atoms with Crippen molar-refractivity contribution in [1.29, 1.82) is 0 Å². The zero-order valence-electron chi connectivity index (χ0n) is 27.0. The van der Waals surface area contributed by atoms with E-state index in [9.17, 15) is 0 Å². The van der Waals surface area contributed by atoms with E-state index in [1.807, 2.05) is 0 Å². The van der Waals surface area contributed by atoms with Crippen LogP contribution in [0.4, 0.5) is 0 Å². The second-order valence-corrected chi connectivity index (χ2v) is 16.8. The van der Waals surface area contributed by atoms with Gasteiger partial charge in [-0.2, -0.15) is 0 Å². The summed E-state index contributed by atoms with van der Waals surface area (Å²) in [6.07, 6.45) is 13.9. The first-order valence-corrected chi connectivity index (χ1v) is 16.0. The first-order chi connectivity index (χ1) is 18.6. The summed E-state index contributed by atoms with van der Waals surface area (Å²) in [7, 11) is 0. The zero-order valence-corrected chi connectivity index (χ0v) is 27.0. The van der Waals surface area contributed by atoms with Gasteiger partial charge in [-0.3, -0.25) is 0 Å². The van der Waals surface area contributed by atoms with Crippen LogP contribution in [0.2, 0.25) is 0 Å². The molecule has 0 amide bonds. The summed E-state index contributed by atoms with van der Waals surface area (Å²) in [5, 5.41) is 0. The van der Waals surface area contributed by atoms with Crippen LogP contribution in [-0.2, 0) is 10.8 Å². The maximum absolute atomic E-state index is 2.69. The maximum atomic E-state index is 2.69. The predicted octanol–water partition coefficient (Wildman–Crippen LogP) is 11.4. The number of fused-ring (bicyclic) bond motifs is 3. The first kappa shape index (κ1) is 27.8. The lowest BCUT2D eigenvalue weighted by Gasteiger charge is -2.38. The minimum absolute atomic E-state index is 0.0984. The second-order valence-electron chi connectivity index (χ2n) is 16.8. The Bertz CT molecular complexity index is 1370. The minimum atomic E-state index is 0.0984.